The predicted octanol–water partition coefficient (Wildman–Crippen LogP) is 3.60. The van der Waals surface area contributed by atoms with Gasteiger partial charge in [0.05, 0.1) is 6.26 Å². The lowest BCUT2D eigenvalue weighted by molar-refractivity contribution is -0.727. The van der Waals surface area contributed by atoms with Gasteiger partial charge in [-0.25, -0.2) is 9.59 Å². The van der Waals surface area contributed by atoms with Crippen molar-refractivity contribution in [1.29, 1.82) is 0 Å². The number of para-hydroxylation sites is 1. The van der Waals surface area contributed by atoms with E-state index in [9.17, 15) is 18.0 Å². The van der Waals surface area contributed by atoms with Crippen molar-refractivity contribution in [3.05, 3.63) is 59.4 Å². The number of carbonyl (C=O) groups excluding carboxylic acids is 1. The first kappa shape index (κ1) is 26.1. The zero-order valence-corrected chi connectivity index (χ0v) is 18.9. The van der Waals surface area contributed by atoms with Gasteiger partial charge in [0, 0.05) is 6.07 Å². The molecule has 31 heavy (non-hydrogen) atoms. The van der Waals surface area contributed by atoms with E-state index in [2.05, 4.69) is 0 Å². The third kappa shape index (κ3) is 9.58. The summed E-state index contributed by atoms with van der Waals surface area (Å²) >= 11 is 0. The molecular formula is C21H28NO8S+. The van der Waals surface area contributed by atoms with Gasteiger partial charge < -0.3 is 14.6 Å². The number of hydrogen-bond donors (Lipinski definition) is 2. The summed E-state index contributed by atoms with van der Waals surface area (Å²) in [6.45, 7) is 7.99. The summed E-state index contributed by atoms with van der Waals surface area (Å²) < 4.78 is 38.0. The van der Waals surface area contributed by atoms with Crippen LogP contribution in [-0.2, 0) is 21.6 Å². The lowest BCUT2D eigenvalue weighted by Crippen LogP contribution is -2.36. The normalized spacial score (nSPS) is 11.0. The minimum atomic E-state index is -3.67. The summed E-state index contributed by atoms with van der Waals surface area (Å²) in [5, 5.41) is 9.00. The van der Waals surface area contributed by atoms with Crippen LogP contribution >= 0.6 is 0 Å². The van der Waals surface area contributed by atoms with E-state index in [0.717, 1.165) is 11.1 Å². The number of aromatic nitrogens is 1. The summed E-state index contributed by atoms with van der Waals surface area (Å²) in [6.07, 6.45) is 2.89. The van der Waals surface area contributed by atoms with E-state index in [1.165, 1.54) is 16.8 Å². The van der Waals surface area contributed by atoms with E-state index in [-0.39, 0.29) is 24.1 Å². The molecule has 170 valence electrons. The van der Waals surface area contributed by atoms with Crippen LogP contribution in [0.15, 0.2) is 42.7 Å². The van der Waals surface area contributed by atoms with Gasteiger partial charge in [-0.2, -0.15) is 13.0 Å². The molecule has 2 rings (SSSR count). The molecule has 1 aromatic carbocycles. The van der Waals surface area contributed by atoms with Crippen LogP contribution < -0.4 is 9.30 Å². The molecule has 0 atom stereocenters. The van der Waals surface area contributed by atoms with Crippen LogP contribution in [0, 0.1) is 0 Å². The number of pyridine rings is 1. The fourth-order valence-corrected chi connectivity index (χ4v) is 2.57. The number of carboxylic acid groups (broad SMARTS) is 1. The number of ether oxygens (including phenoxy) is 2. The molecule has 9 nitrogen and oxygen atoms in total. The molecule has 0 aliphatic heterocycles. The minimum Gasteiger partial charge on any atom is -0.477 e. The molecule has 0 fully saturated rings. The van der Waals surface area contributed by atoms with Crippen LogP contribution in [0.3, 0.4) is 0 Å². The standard InChI is InChI=1S/C20H23NO5.CH4O3S/c1-13(2)16-8-5-9-17(14(3)4)18(16)26-20(24)25-12-21-10-6-7-15(11-21)19(22)23;1-5(2,3)4/h5-11,13-14H,12H2,1-4H3;1H3,(H,2,3,4)/p+1. The van der Waals surface area contributed by atoms with Crippen molar-refractivity contribution in [3.8, 4) is 5.75 Å². The highest BCUT2D eigenvalue weighted by Gasteiger charge is 2.20. The van der Waals surface area contributed by atoms with E-state index < -0.39 is 22.2 Å². The van der Waals surface area contributed by atoms with Crippen LogP contribution in [-0.4, -0.2) is 36.5 Å². The lowest BCUT2D eigenvalue weighted by atomic mass is 9.94. The first-order chi connectivity index (χ1) is 14.3. The molecule has 10 heteroatoms. The molecule has 0 spiro atoms. The Balaban J connectivity index is 0.000000861. The van der Waals surface area contributed by atoms with Crippen LogP contribution in [0.5, 0.6) is 5.75 Å². The Labute approximate surface area is 182 Å². The maximum absolute atomic E-state index is 12.2. The maximum atomic E-state index is 12.2. The van der Waals surface area contributed by atoms with Gasteiger partial charge in [0.15, 0.2) is 12.4 Å². The Hall–Kier alpha value is -2.98. The molecule has 0 amide bonds. The van der Waals surface area contributed by atoms with Gasteiger partial charge in [0.1, 0.15) is 11.3 Å². The second kappa shape index (κ2) is 11.4. The molecule has 0 bridgehead atoms. The average molecular weight is 455 g/mol. The second-order valence-corrected chi connectivity index (χ2v) is 8.81. The number of carboxylic acids is 1. The highest BCUT2D eigenvalue weighted by Crippen LogP contribution is 2.34. The summed E-state index contributed by atoms with van der Waals surface area (Å²) in [6, 6.07) is 8.86. The van der Waals surface area contributed by atoms with Gasteiger partial charge in [0.2, 0.25) is 0 Å². The van der Waals surface area contributed by atoms with Crippen molar-refractivity contribution < 1.29 is 41.7 Å². The van der Waals surface area contributed by atoms with Crippen molar-refractivity contribution in [2.75, 3.05) is 6.26 Å². The number of benzene rings is 1. The average Bonchev–Trinajstić information content (AvgIpc) is 2.65. The molecule has 1 aromatic heterocycles. The maximum Gasteiger partial charge on any atom is 0.518 e. The van der Waals surface area contributed by atoms with Crippen LogP contribution in [0.1, 0.15) is 61.0 Å². The number of hydrogen-bond acceptors (Lipinski definition) is 6. The van der Waals surface area contributed by atoms with Gasteiger partial charge in [-0.15, -0.1) is 0 Å². The smallest absolute Gasteiger partial charge is 0.477 e. The van der Waals surface area contributed by atoms with Crippen LogP contribution in [0.2, 0.25) is 0 Å². The zero-order valence-electron chi connectivity index (χ0n) is 18.1. The Bertz CT molecular complexity index is 982. The Kier molecular flexibility index (Phi) is 9.60. The summed E-state index contributed by atoms with van der Waals surface area (Å²) in [4.78, 5) is 23.2. The molecule has 0 aliphatic rings. The largest absolute Gasteiger partial charge is 0.518 e. The minimum absolute atomic E-state index is 0.108. The first-order valence-corrected chi connectivity index (χ1v) is 11.3. The van der Waals surface area contributed by atoms with Crippen molar-refractivity contribution >= 4 is 22.2 Å². The molecule has 1 heterocycles. The molecule has 0 unspecified atom stereocenters. The van der Waals surface area contributed by atoms with Crippen molar-refractivity contribution in [2.45, 2.75) is 46.3 Å². The van der Waals surface area contributed by atoms with E-state index in [1.807, 2.05) is 45.9 Å². The molecule has 2 N–H and O–H groups in total. The number of carbonyl (C=O) groups is 2. The highest BCUT2D eigenvalue weighted by molar-refractivity contribution is 7.85. The Morgan fingerprint density at radius 2 is 1.55 bits per heavy atom. The summed E-state index contributed by atoms with van der Waals surface area (Å²) in [5.41, 5.74) is 1.99. The Morgan fingerprint density at radius 1 is 1.03 bits per heavy atom. The van der Waals surface area contributed by atoms with Crippen LogP contribution in [0.25, 0.3) is 0 Å². The molecule has 0 saturated carbocycles. The molecule has 0 aliphatic carbocycles. The predicted molar refractivity (Wildman–Crippen MR) is 113 cm³/mol. The van der Waals surface area contributed by atoms with Gasteiger partial charge in [-0.1, -0.05) is 45.9 Å². The van der Waals surface area contributed by atoms with Crippen molar-refractivity contribution in [1.82, 2.24) is 0 Å². The Morgan fingerprint density at radius 3 is 2.00 bits per heavy atom. The number of rotatable bonds is 6. The fourth-order valence-electron chi connectivity index (χ4n) is 2.57. The van der Waals surface area contributed by atoms with Gasteiger partial charge in [0.25, 0.3) is 16.8 Å². The third-order valence-corrected chi connectivity index (χ3v) is 3.94. The summed E-state index contributed by atoms with van der Waals surface area (Å²) in [5.74, 6) is -0.127. The van der Waals surface area contributed by atoms with E-state index >= 15 is 0 Å². The summed E-state index contributed by atoms with van der Waals surface area (Å²) in [7, 11) is -3.67. The van der Waals surface area contributed by atoms with Crippen LogP contribution in [0.4, 0.5) is 4.79 Å². The van der Waals surface area contributed by atoms with Gasteiger partial charge in [-0.3, -0.25) is 4.55 Å². The van der Waals surface area contributed by atoms with Gasteiger partial charge >= 0.3 is 12.1 Å². The second-order valence-electron chi connectivity index (χ2n) is 7.35. The SMILES string of the molecule is CC(C)c1cccc(C(C)C)c1OC(=O)OC[n+]1cccc(C(=O)O)c1.CS(=O)(=O)O. The van der Waals surface area contributed by atoms with E-state index in [1.54, 1.807) is 12.3 Å². The van der Waals surface area contributed by atoms with Crippen molar-refractivity contribution in [3.63, 3.8) is 0 Å². The quantitative estimate of drug-likeness (QED) is 0.293. The molecular weight excluding hydrogens is 426 g/mol. The molecule has 0 radical (unpaired) electrons. The van der Waals surface area contributed by atoms with E-state index in [0.29, 0.717) is 12.0 Å². The van der Waals surface area contributed by atoms with E-state index in [4.69, 9.17) is 19.1 Å². The number of aromatic carboxylic acids is 1. The topological polar surface area (TPSA) is 131 Å². The highest BCUT2D eigenvalue weighted by atomic mass is 32.2. The molecule has 0 saturated heterocycles. The number of nitrogens with zero attached hydrogens (tertiary/aromatic N) is 1. The zero-order chi connectivity index (χ0) is 23.8. The lowest BCUT2D eigenvalue weighted by Gasteiger charge is -2.18. The monoisotopic (exact) mass is 454 g/mol. The first-order valence-electron chi connectivity index (χ1n) is 9.41. The molecule has 2 aromatic rings. The fraction of sp³-hybridized carbons (Fsp3) is 0.381. The van der Waals surface area contributed by atoms with Crippen molar-refractivity contribution in [2.24, 2.45) is 0 Å². The third-order valence-electron chi connectivity index (χ3n) is 3.94. The van der Waals surface area contributed by atoms with Gasteiger partial charge in [-0.05, 0) is 29.0 Å².